The van der Waals surface area contributed by atoms with Crippen molar-refractivity contribution in [1.29, 1.82) is 0 Å². The summed E-state index contributed by atoms with van der Waals surface area (Å²) in [6.45, 7) is 7.27. The van der Waals surface area contributed by atoms with Crippen LogP contribution in [0.2, 0.25) is 0 Å². The third kappa shape index (κ3) is 3.81. The van der Waals surface area contributed by atoms with Gasteiger partial charge in [0.05, 0.1) is 5.39 Å². The molecule has 0 unspecified atom stereocenters. The lowest BCUT2D eigenvalue weighted by atomic mass is 10.1. The monoisotopic (exact) mass is 389 g/mol. The molecule has 1 fully saturated rings. The molecule has 3 aromatic rings. The Labute approximate surface area is 169 Å². The number of carbonyl (C=O) groups is 2. The first-order chi connectivity index (χ1) is 13.9. The first-order valence-electron chi connectivity index (χ1n) is 9.75. The van der Waals surface area contributed by atoms with Crippen molar-refractivity contribution in [3.05, 3.63) is 53.0 Å². The largest absolute Gasteiger partial charge is 0.356 e. The third-order valence-electron chi connectivity index (χ3n) is 5.13. The van der Waals surface area contributed by atoms with Crippen molar-refractivity contribution in [3.63, 3.8) is 0 Å². The summed E-state index contributed by atoms with van der Waals surface area (Å²) >= 11 is 0. The maximum Gasteiger partial charge on any atom is 0.293 e. The molecule has 2 aromatic heterocycles. The molecule has 1 aliphatic rings. The molecule has 1 N–H and O–H groups in total. The van der Waals surface area contributed by atoms with E-state index in [9.17, 15) is 9.59 Å². The smallest absolute Gasteiger partial charge is 0.293 e. The number of nitrogens with one attached hydrogen (secondary N) is 1. The van der Waals surface area contributed by atoms with Crippen LogP contribution in [0.4, 0.5) is 11.5 Å². The van der Waals surface area contributed by atoms with Crippen molar-refractivity contribution >= 4 is 34.2 Å². The molecule has 0 saturated carbocycles. The highest BCUT2D eigenvalue weighted by Crippen LogP contribution is 2.29. The van der Waals surface area contributed by atoms with E-state index in [4.69, 9.17) is 0 Å². The Balaban J connectivity index is 1.72. The Hall–Kier alpha value is -3.35. The van der Waals surface area contributed by atoms with Crippen molar-refractivity contribution < 1.29 is 9.59 Å². The summed E-state index contributed by atoms with van der Waals surface area (Å²) in [5.74, 6) is 0.443. The summed E-state index contributed by atoms with van der Waals surface area (Å²) in [7, 11) is 0. The molecule has 7 nitrogen and oxygen atoms in total. The Morgan fingerprint density at radius 3 is 2.34 bits per heavy atom. The number of rotatable bonds is 4. The van der Waals surface area contributed by atoms with Gasteiger partial charge in [-0.2, -0.15) is 0 Å². The maximum atomic E-state index is 12.9. The fraction of sp³-hybridized carbons (Fsp3) is 0.318. The van der Waals surface area contributed by atoms with Gasteiger partial charge in [-0.15, -0.1) is 0 Å². The second-order valence-electron chi connectivity index (χ2n) is 7.43. The van der Waals surface area contributed by atoms with Gasteiger partial charge < -0.3 is 10.2 Å². The van der Waals surface area contributed by atoms with E-state index in [2.05, 4.69) is 25.2 Å². The molecule has 0 spiro atoms. The summed E-state index contributed by atoms with van der Waals surface area (Å²) in [4.78, 5) is 40.1. The van der Waals surface area contributed by atoms with Crippen LogP contribution in [0.5, 0.6) is 0 Å². The number of nitrogens with zero attached hydrogens (tertiary/aromatic N) is 4. The molecule has 0 aliphatic carbocycles. The summed E-state index contributed by atoms with van der Waals surface area (Å²) < 4.78 is 0. The first-order valence-corrected chi connectivity index (χ1v) is 9.75. The number of hydrogen-bond acceptors (Lipinski definition) is 6. The fourth-order valence-electron chi connectivity index (χ4n) is 3.69. The highest BCUT2D eigenvalue weighted by atomic mass is 16.2. The molecule has 0 radical (unpaired) electrons. The van der Waals surface area contributed by atoms with Gasteiger partial charge >= 0.3 is 0 Å². The normalized spacial score (nSPS) is 13.7. The van der Waals surface area contributed by atoms with Crippen molar-refractivity contribution in [1.82, 2.24) is 15.0 Å². The Morgan fingerprint density at radius 2 is 1.69 bits per heavy atom. The fourth-order valence-corrected chi connectivity index (χ4v) is 3.69. The number of benzene rings is 1. The average molecular weight is 389 g/mol. The van der Waals surface area contributed by atoms with E-state index >= 15 is 0 Å². The van der Waals surface area contributed by atoms with Crippen LogP contribution in [0.25, 0.3) is 11.0 Å². The summed E-state index contributed by atoms with van der Waals surface area (Å²) in [5, 5.41) is 3.72. The average Bonchev–Trinajstić information content (AvgIpc) is 3.21. The standard InChI is InChI=1S/C22H23N5O2/c1-13-12-14(2)23-19-18(13)21(27-10-4-5-11-27)26-20(25-19)22(29)24-17-8-6-16(7-9-17)15(3)28/h6-9,12H,4-5,10-11H2,1-3H3,(H,24,29). The van der Waals surface area contributed by atoms with E-state index < -0.39 is 5.91 Å². The van der Waals surface area contributed by atoms with Gasteiger partial charge in [-0.1, -0.05) is 0 Å². The van der Waals surface area contributed by atoms with Crippen molar-refractivity contribution in [2.24, 2.45) is 0 Å². The first kappa shape index (κ1) is 19.0. The summed E-state index contributed by atoms with van der Waals surface area (Å²) in [5.41, 5.74) is 3.63. The molecule has 4 rings (SSSR count). The number of fused-ring (bicyclic) bond motifs is 1. The Morgan fingerprint density at radius 1 is 1.00 bits per heavy atom. The second kappa shape index (κ2) is 7.58. The molecule has 29 heavy (non-hydrogen) atoms. The zero-order valence-electron chi connectivity index (χ0n) is 16.8. The molecule has 1 saturated heterocycles. The summed E-state index contributed by atoms with van der Waals surface area (Å²) in [6, 6.07) is 8.78. The van der Waals surface area contributed by atoms with Gasteiger partial charge in [0.2, 0.25) is 5.82 Å². The van der Waals surface area contributed by atoms with Gasteiger partial charge in [-0.3, -0.25) is 9.59 Å². The molecule has 0 bridgehead atoms. The van der Waals surface area contributed by atoms with Crippen LogP contribution in [0.3, 0.4) is 0 Å². The van der Waals surface area contributed by atoms with Gasteiger partial charge in [-0.05, 0) is 69.5 Å². The molecule has 1 amide bonds. The molecule has 1 aromatic carbocycles. The lowest BCUT2D eigenvalue weighted by Crippen LogP contribution is -2.23. The van der Waals surface area contributed by atoms with Gasteiger partial charge in [0.25, 0.3) is 5.91 Å². The van der Waals surface area contributed by atoms with Crippen LogP contribution in [-0.4, -0.2) is 39.7 Å². The van der Waals surface area contributed by atoms with E-state index in [-0.39, 0.29) is 11.6 Å². The zero-order chi connectivity index (χ0) is 20.5. The molecular formula is C22H23N5O2. The third-order valence-corrected chi connectivity index (χ3v) is 5.13. The topological polar surface area (TPSA) is 88.1 Å². The number of pyridine rings is 1. The summed E-state index contributed by atoms with van der Waals surface area (Å²) in [6.07, 6.45) is 2.21. The van der Waals surface area contributed by atoms with Crippen molar-refractivity contribution in [2.45, 2.75) is 33.6 Å². The number of carbonyl (C=O) groups excluding carboxylic acids is 2. The Bertz CT molecular complexity index is 1100. The van der Waals surface area contributed by atoms with Crippen LogP contribution in [-0.2, 0) is 0 Å². The van der Waals surface area contributed by atoms with E-state index in [1.165, 1.54) is 6.92 Å². The van der Waals surface area contributed by atoms with Crippen molar-refractivity contribution in [2.75, 3.05) is 23.3 Å². The van der Waals surface area contributed by atoms with Gasteiger partial charge in [-0.25, -0.2) is 15.0 Å². The van der Waals surface area contributed by atoms with E-state index in [0.29, 0.717) is 16.9 Å². The van der Waals surface area contributed by atoms with Crippen LogP contribution in [0.1, 0.15) is 52.0 Å². The van der Waals surface area contributed by atoms with E-state index in [1.807, 2.05) is 19.9 Å². The number of aryl methyl sites for hydroxylation is 2. The number of amides is 1. The van der Waals surface area contributed by atoms with E-state index in [0.717, 1.165) is 48.4 Å². The predicted octanol–water partition coefficient (Wildman–Crippen LogP) is 3.70. The SMILES string of the molecule is CC(=O)c1ccc(NC(=O)c2nc(N3CCCC3)c3c(C)cc(C)nc3n2)cc1. The number of Topliss-reactive ketones (excluding diaryl/α,β-unsaturated/α-hetero) is 1. The quantitative estimate of drug-likeness (QED) is 0.685. The Kier molecular flexibility index (Phi) is 4.96. The van der Waals surface area contributed by atoms with Crippen LogP contribution in [0.15, 0.2) is 30.3 Å². The molecular weight excluding hydrogens is 366 g/mol. The lowest BCUT2D eigenvalue weighted by molar-refractivity contribution is 0.101. The number of anilines is 2. The molecule has 0 atom stereocenters. The molecule has 7 heteroatoms. The number of hydrogen-bond donors (Lipinski definition) is 1. The minimum absolute atomic E-state index is 0.0205. The molecule has 3 heterocycles. The number of aromatic nitrogens is 3. The zero-order valence-corrected chi connectivity index (χ0v) is 16.8. The van der Waals surface area contributed by atoms with Crippen molar-refractivity contribution in [3.8, 4) is 0 Å². The minimum Gasteiger partial charge on any atom is -0.356 e. The molecule has 148 valence electrons. The highest BCUT2D eigenvalue weighted by Gasteiger charge is 2.22. The van der Waals surface area contributed by atoms with Gasteiger partial charge in [0.15, 0.2) is 11.4 Å². The van der Waals surface area contributed by atoms with Crippen LogP contribution >= 0.6 is 0 Å². The van der Waals surface area contributed by atoms with Crippen LogP contribution < -0.4 is 10.2 Å². The molecule has 1 aliphatic heterocycles. The number of ketones is 1. The van der Waals surface area contributed by atoms with E-state index in [1.54, 1.807) is 24.3 Å². The second-order valence-corrected chi connectivity index (χ2v) is 7.43. The highest BCUT2D eigenvalue weighted by molar-refractivity contribution is 6.04. The minimum atomic E-state index is -0.399. The van der Waals surface area contributed by atoms with Crippen LogP contribution in [0, 0.1) is 13.8 Å². The van der Waals surface area contributed by atoms with Gasteiger partial charge in [0.1, 0.15) is 5.82 Å². The lowest BCUT2D eigenvalue weighted by Gasteiger charge is -2.20. The predicted molar refractivity (Wildman–Crippen MR) is 113 cm³/mol. The maximum absolute atomic E-state index is 12.9. The van der Waals surface area contributed by atoms with Gasteiger partial charge in [0, 0.05) is 30.0 Å².